The predicted octanol–water partition coefficient (Wildman–Crippen LogP) is 4.18. The summed E-state index contributed by atoms with van der Waals surface area (Å²) in [5.74, 6) is -4.06. The van der Waals surface area contributed by atoms with E-state index in [4.69, 9.17) is 29.4 Å². The highest BCUT2D eigenvalue weighted by Gasteiger charge is 2.27. The molecular weight excluding hydrogens is 839 g/mol. The molecule has 20 heteroatoms. The van der Waals surface area contributed by atoms with Crippen molar-refractivity contribution in [3.63, 3.8) is 0 Å². The van der Waals surface area contributed by atoms with Crippen molar-refractivity contribution in [3.05, 3.63) is 0 Å². The number of quaternary nitrogens is 1. The lowest BCUT2D eigenvalue weighted by molar-refractivity contribution is -0.870. The molecule has 3 amide bonds. The summed E-state index contributed by atoms with van der Waals surface area (Å²) in [6.07, 6.45) is 17.2. The summed E-state index contributed by atoms with van der Waals surface area (Å²) >= 11 is 0. The number of carboxylic acid groups (broad SMARTS) is 1. The Bertz CT molecular complexity index is 1350. The number of carbonyl (C=O) groups excluding carboxylic acids is 5. The van der Waals surface area contributed by atoms with Crippen LogP contribution in [-0.4, -0.2) is 154 Å². The number of nitrogens with zero attached hydrogens (tertiary/aromatic N) is 2. The molecule has 0 aromatic heterocycles. The van der Waals surface area contributed by atoms with Crippen molar-refractivity contribution in [2.24, 2.45) is 5.73 Å². The molecule has 0 aliphatic heterocycles. The molecule has 0 spiro atoms. The number of phosphoric acid groups is 1. The number of phosphoric ester groups is 1. The van der Waals surface area contributed by atoms with Crippen molar-refractivity contribution in [1.82, 2.24) is 20.9 Å². The van der Waals surface area contributed by atoms with E-state index >= 15 is 0 Å². The van der Waals surface area contributed by atoms with E-state index in [1.165, 1.54) is 64.7 Å². The van der Waals surface area contributed by atoms with E-state index in [2.05, 4.69) is 27.8 Å². The van der Waals surface area contributed by atoms with Gasteiger partial charge in [0.15, 0.2) is 6.10 Å². The van der Waals surface area contributed by atoms with Crippen LogP contribution in [-0.2, 0) is 51.9 Å². The fourth-order valence-corrected chi connectivity index (χ4v) is 6.88. The maximum atomic E-state index is 12.8. The standard InChI is InChI=1S/C43H83N6O13P/c1-7-8-9-10-11-12-13-14-15-16-17-18-19-25-40(53)59-33-36(34-61-63(57,58)60-30-29-49(4,5)6)62-41(54)26-21-23-28-48(3)27-22-20-24-37(47-42(55)35(2)44)43(56)46-31-38(50)45-32-39(51)52/h35-37H,7-34,44H2,1-6H3,(H4-,45,46,47,50,51,52,55,56,57,58)/p+1/t35-,36-,37-/m0/s1. The second kappa shape index (κ2) is 36.1. The molecule has 4 atom stereocenters. The van der Waals surface area contributed by atoms with E-state index in [9.17, 15) is 38.2 Å². The van der Waals surface area contributed by atoms with Gasteiger partial charge in [-0.25, -0.2) is 4.57 Å². The first kappa shape index (κ1) is 59.8. The number of likely N-dealkylation sites (N-methyl/N-ethyl adjacent to an activating group) is 1. The van der Waals surface area contributed by atoms with Gasteiger partial charge in [0.05, 0.1) is 40.3 Å². The molecule has 0 aliphatic rings. The van der Waals surface area contributed by atoms with E-state index in [0.717, 1.165) is 19.3 Å². The van der Waals surface area contributed by atoms with Gasteiger partial charge in [-0.1, -0.05) is 84.0 Å². The molecule has 368 valence electrons. The summed E-state index contributed by atoms with van der Waals surface area (Å²) in [5, 5.41) is 15.8. The van der Waals surface area contributed by atoms with Gasteiger partial charge in [-0.15, -0.1) is 0 Å². The highest BCUT2D eigenvalue weighted by atomic mass is 31.2. The maximum absolute atomic E-state index is 12.8. The summed E-state index contributed by atoms with van der Waals surface area (Å²) in [7, 11) is 3.16. The number of carboxylic acids is 1. The Morgan fingerprint density at radius 1 is 0.714 bits per heavy atom. The van der Waals surface area contributed by atoms with Crippen LogP contribution in [0.25, 0.3) is 0 Å². The molecule has 0 heterocycles. The number of rotatable bonds is 41. The first-order valence-corrected chi connectivity index (χ1v) is 24.5. The van der Waals surface area contributed by atoms with Gasteiger partial charge in [0.25, 0.3) is 0 Å². The van der Waals surface area contributed by atoms with E-state index in [1.807, 2.05) is 28.2 Å². The predicted molar refractivity (Wildman–Crippen MR) is 240 cm³/mol. The van der Waals surface area contributed by atoms with Crippen LogP contribution in [0.2, 0.25) is 0 Å². The minimum Gasteiger partial charge on any atom is -0.480 e. The van der Waals surface area contributed by atoms with Crippen molar-refractivity contribution < 1.29 is 66.3 Å². The largest absolute Gasteiger partial charge is 0.480 e. The van der Waals surface area contributed by atoms with E-state index in [-0.39, 0.29) is 32.5 Å². The zero-order valence-electron chi connectivity index (χ0n) is 39.3. The molecule has 0 rings (SSSR count). The van der Waals surface area contributed by atoms with Crippen molar-refractivity contribution in [2.75, 3.05) is 80.7 Å². The summed E-state index contributed by atoms with van der Waals surface area (Å²) in [6, 6.07) is -1.80. The van der Waals surface area contributed by atoms with Gasteiger partial charge in [0.2, 0.25) is 17.7 Å². The number of nitrogens with two attached hydrogens (primary N) is 1. The molecular formula is C43H84N6O13P+. The third-order valence-electron chi connectivity index (χ3n) is 10.0. The molecule has 7 N–H and O–H groups in total. The van der Waals surface area contributed by atoms with Crippen LogP contribution >= 0.6 is 7.82 Å². The monoisotopic (exact) mass is 924 g/mol. The molecule has 63 heavy (non-hydrogen) atoms. The third kappa shape index (κ3) is 37.9. The summed E-state index contributed by atoms with van der Waals surface area (Å²) in [4.78, 5) is 85.1. The average molecular weight is 924 g/mol. The average Bonchev–Trinajstić information content (AvgIpc) is 3.20. The fourth-order valence-electron chi connectivity index (χ4n) is 6.14. The molecule has 0 aliphatic carbocycles. The van der Waals surface area contributed by atoms with Gasteiger partial charge >= 0.3 is 25.7 Å². The summed E-state index contributed by atoms with van der Waals surface area (Å²) in [5.41, 5.74) is 5.65. The molecule has 0 saturated carbocycles. The van der Waals surface area contributed by atoms with Crippen molar-refractivity contribution >= 4 is 43.5 Å². The highest BCUT2D eigenvalue weighted by molar-refractivity contribution is 7.47. The number of ether oxygens (including phenoxy) is 2. The normalized spacial score (nSPS) is 14.0. The minimum atomic E-state index is -4.47. The molecule has 0 radical (unpaired) electrons. The lowest BCUT2D eigenvalue weighted by Gasteiger charge is -2.24. The Morgan fingerprint density at radius 3 is 1.81 bits per heavy atom. The molecule has 0 fully saturated rings. The minimum absolute atomic E-state index is 0.0333. The van der Waals surface area contributed by atoms with E-state index in [0.29, 0.717) is 56.2 Å². The molecule has 19 nitrogen and oxygen atoms in total. The van der Waals surface area contributed by atoms with Crippen molar-refractivity contribution in [1.29, 1.82) is 0 Å². The maximum Gasteiger partial charge on any atom is 0.472 e. The molecule has 0 aromatic carbocycles. The third-order valence-corrected chi connectivity index (χ3v) is 11.0. The zero-order chi connectivity index (χ0) is 47.5. The SMILES string of the molecule is CCCCCCCCCCCCCCCC(=O)OC[C@@H](COP(=O)(O)OCC[N+](C)(C)C)OC(=O)CCCCN(C)CCCC[C@H](NC(=O)[C@H](C)N)C(=O)NCC(=O)NCC(=O)O. The van der Waals surface area contributed by atoms with Gasteiger partial charge in [-0.3, -0.25) is 37.8 Å². The second-order valence-corrected chi connectivity index (χ2v) is 18.8. The van der Waals surface area contributed by atoms with Crippen molar-refractivity contribution in [3.8, 4) is 0 Å². The Morgan fingerprint density at radius 2 is 1.25 bits per heavy atom. The Balaban J connectivity index is 4.81. The number of hydrogen-bond donors (Lipinski definition) is 6. The lowest BCUT2D eigenvalue weighted by atomic mass is 10.0. The first-order valence-electron chi connectivity index (χ1n) is 23.0. The lowest BCUT2D eigenvalue weighted by Crippen LogP contribution is -2.52. The van der Waals surface area contributed by atoms with Gasteiger partial charge in [0.1, 0.15) is 32.3 Å². The zero-order valence-corrected chi connectivity index (χ0v) is 40.2. The number of hydrogen-bond acceptors (Lipinski definition) is 13. The number of carbonyl (C=O) groups is 6. The van der Waals surface area contributed by atoms with Gasteiger partial charge < -0.3 is 50.5 Å². The fraction of sp³-hybridized carbons (Fsp3) is 0.860. The number of unbranched alkanes of at least 4 members (excludes halogenated alkanes) is 14. The van der Waals surface area contributed by atoms with Crippen LogP contribution in [0.15, 0.2) is 0 Å². The van der Waals surface area contributed by atoms with E-state index in [1.54, 1.807) is 0 Å². The van der Waals surface area contributed by atoms with Crippen LogP contribution < -0.4 is 21.7 Å². The van der Waals surface area contributed by atoms with Crippen LogP contribution in [0.3, 0.4) is 0 Å². The summed E-state index contributed by atoms with van der Waals surface area (Å²) in [6.45, 7) is 3.55. The quantitative estimate of drug-likeness (QED) is 0.0218. The van der Waals surface area contributed by atoms with Gasteiger partial charge in [-0.05, 0) is 65.6 Å². The van der Waals surface area contributed by atoms with E-state index < -0.39 is 81.3 Å². The number of esters is 2. The molecule has 0 saturated heterocycles. The van der Waals surface area contributed by atoms with Gasteiger partial charge in [0, 0.05) is 12.8 Å². The second-order valence-electron chi connectivity index (χ2n) is 17.4. The van der Waals surface area contributed by atoms with Crippen LogP contribution in [0.1, 0.15) is 142 Å². The number of aliphatic carboxylic acids is 1. The number of amides is 3. The van der Waals surface area contributed by atoms with Crippen LogP contribution in [0.4, 0.5) is 0 Å². The Hall–Kier alpha value is -3.19. The van der Waals surface area contributed by atoms with Crippen LogP contribution in [0.5, 0.6) is 0 Å². The molecule has 0 bridgehead atoms. The smallest absolute Gasteiger partial charge is 0.472 e. The molecule has 0 aromatic rings. The van der Waals surface area contributed by atoms with Crippen molar-refractivity contribution in [2.45, 2.75) is 160 Å². The number of nitrogens with one attached hydrogen (secondary N) is 3. The first-order chi connectivity index (χ1) is 29.7. The molecule has 1 unspecified atom stereocenters. The Labute approximate surface area is 376 Å². The summed E-state index contributed by atoms with van der Waals surface area (Å²) < 4.78 is 34.2. The Kier molecular flexibility index (Phi) is 34.2. The topological polar surface area (TPSA) is 262 Å². The van der Waals surface area contributed by atoms with Crippen LogP contribution in [0, 0.1) is 0 Å². The highest BCUT2D eigenvalue weighted by Crippen LogP contribution is 2.43. The van der Waals surface area contributed by atoms with Gasteiger partial charge in [-0.2, -0.15) is 0 Å².